The highest BCUT2D eigenvalue weighted by atomic mass is 16.1. The first-order valence-electron chi connectivity index (χ1n) is 3.45. The summed E-state index contributed by atoms with van der Waals surface area (Å²) in [6.45, 7) is 2.96. The van der Waals surface area contributed by atoms with Crippen LogP contribution in [0.3, 0.4) is 0 Å². The summed E-state index contributed by atoms with van der Waals surface area (Å²) in [6.07, 6.45) is 1.31. The lowest BCUT2D eigenvalue weighted by Gasteiger charge is -1.96. The number of nitrogens with one attached hydrogen (secondary N) is 1. The van der Waals surface area contributed by atoms with Crippen molar-refractivity contribution in [2.45, 2.75) is 13.8 Å². The van der Waals surface area contributed by atoms with Crippen LogP contribution in [0.4, 0.5) is 0 Å². The predicted molar refractivity (Wildman–Crippen MR) is 51.2 cm³/mol. The number of hydrazone groups is 1. The molecule has 7 nitrogen and oxygen atoms in total. The highest BCUT2D eigenvalue weighted by molar-refractivity contribution is 6.29. The van der Waals surface area contributed by atoms with E-state index in [4.69, 9.17) is 11.6 Å². The molecule has 0 bridgehead atoms. The van der Waals surface area contributed by atoms with E-state index in [0.717, 1.165) is 0 Å². The second-order valence-corrected chi connectivity index (χ2v) is 2.19. The molecule has 0 saturated heterocycles. The lowest BCUT2D eigenvalue weighted by molar-refractivity contribution is -0.117. The van der Waals surface area contributed by atoms with Crippen LogP contribution in [0.5, 0.6) is 0 Å². The Kier molecular flexibility index (Phi) is 4.85. The Bertz CT molecular complexity index is 266. The zero-order chi connectivity index (χ0) is 10.3. The Morgan fingerprint density at radius 2 is 2.00 bits per heavy atom. The number of nitrogens with two attached hydrogens (primary N) is 2. The Labute approximate surface area is 75.6 Å². The van der Waals surface area contributed by atoms with Crippen molar-refractivity contribution in [1.82, 2.24) is 5.32 Å². The van der Waals surface area contributed by atoms with Crippen LogP contribution in [0.2, 0.25) is 0 Å². The van der Waals surface area contributed by atoms with Crippen LogP contribution in [0.15, 0.2) is 15.3 Å². The molecule has 0 atom stereocenters. The molecule has 0 saturated carbocycles. The quantitative estimate of drug-likeness (QED) is 0.215. The highest BCUT2D eigenvalue weighted by Crippen LogP contribution is 1.75. The van der Waals surface area contributed by atoms with Gasteiger partial charge in [0, 0.05) is 6.92 Å². The van der Waals surface area contributed by atoms with Crippen molar-refractivity contribution in [3.05, 3.63) is 0 Å². The summed E-state index contributed by atoms with van der Waals surface area (Å²) in [6, 6.07) is 0. The lowest BCUT2D eigenvalue weighted by Crippen LogP contribution is -2.34. The summed E-state index contributed by atoms with van der Waals surface area (Å²) in [4.78, 5) is 10.5. The van der Waals surface area contributed by atoms with Gasteiger partial charge >= 0.3 is 0 Å². The molecule has 0 aliphatic carbocycles. The van der Waals surface area contributed by atoms with Crippen molar-refractivity contribution < 1.29 is 4.79 Å². The minimum absolute atomic E-state index is 0.0720. The Morgan fingerprint density at radius 1 is 1.38 bits per heavy atom. The second kappa shape index (κ2) is 5.70. The normalized spacial score (nSPS) is 13.4. The molecular formula is C6H12N6O. The molecule has 0 heterocycles. The van der Waals surface area contributed by atoms with Crippen molar-refractivity contribution in [2.24, 2.45) is 26.9 Å². The predicted octanol–water partition coefficient (Wildman–Crippen LogP) is -1.24. The summed E-state index contributed by atoms with van der Waals surface area (Å²) < 4.78 is 0. The van der Waals surface area contributed by atoms with Crippen molar-refractivity contribution in [3.8, 4) is 0 Å². The first-order valence-corrected chi connectivity index (χ1v) is 3.45. The fourth-order valence-electron chi connectivity index (χ4n) is 0.472. The van der Waals surface area contributed by atoms with Crippen LogP contribution in [0.1, 0.15) is 13.8 Å². The fourth-order valence-corrected chi connectivity index (χ4v) is 0.472. The largest absolute Gasteiger partial charge is 0.368 e. The van der Waals surface area contributed by atoms with E-state index < -0.39 is 0 Å². The Morgan fingerprint density at radius 3 is 2.46 bits per heavy atom. The van der Waals surface area contributed by atoms with E-state index in [2.05, 4.69) is 20.6 Å². The van der Waals surface area contributed by atoms with E-state index >= 15 is 0 Å². The molecule has 0 radical (unpaired) electrons. The van der Waals surface area contributed by atoms with Crippen LogP contribution in [0, 0.1) is 0 Å². The van der Waals surface area contributed by atoms with Gasteiger partial charge in [-0.1, -0.05) is 0 Å². The molecule has 72 valence electrons. The summed E-state index contributed by atoms with van der Waals surface area (Å²) in [7, 11) is 0. The molecule has 0 unspecified atom stereocenters. The average molecular weight is 184 g/mol. The summed E-state index contributed by atoms with van der Waals surface area (Å²) in [5.41, 5.74) is 5.74. The molecule has 0 rings (SSSR count). The minimum Gasteiger partial charge on any atom is -0.368 e. The van der Waals surface area contributed by atoms with Crippen LogP contribution >= 0.6 is 0 Å². The smallest absolute Gasteiger partial charge is 0.223 e. The third-order valence-corrected chi connectivity index (χ3v) is 0.881. The van der Waals surface area contributed by atoms with Crippen molar-refractivity contribution in [1.29, 1.82) is 0 Å². The molecule has 0 spiro atoms. The average Bonchev–Trinajstić information content (AvgIpc) is 2.00. The van der Waals surface area contributed by atoms with Gasteiger partial charge in [0.2, 0.25) is 11.9 Å². The number of nitrogens with zero attached hydrogens (tertiary/aromatic N) is 3. The molecule has 0 aromatic heterocycles. The van der Waals surface area contributed by atoms with E-state index in [0.29, 0.717) is 5.71 Å². The van der Waals surface area contributed by atoms with Crippen molar-refractivity contribution in [3.63, 3.8) is 0 Å². The number of hydrogen-bond acceptors (Lipinski definition) is 5. The van der Waals surface area contributed by atoms with Crippen molar-refractivity contribution >= 4 is 23.8 Å². The minimum atomic E-state index is -0.304. The zero-order valence-electron chi connectivity index (χ0n) is 7.48. The number of carbonyl (C=O) groups excluding carboxylic acids is 1. The number of rotatable bonds is 2. The van der Waals surface area contributed by atoms with Gasteiger partial charge in [0.1, 0.15) is 0 Å². The standard InChI is InChI=1S/C6H12N6O/c1-4(3-9-8)11-12-6(7)10-5(2)13/h3H,8H2,1-2H3,(H3,7,10,12,13)/b9-3+,11-4?. The van der Waals surface area contributed by atoms with Gasteiger partial charge < -0.3 is 11.6 Å². The van der Waals surface area contributed by atoms with Crippen LogP contribution in [0.25, 0.3) is 0 Å². The van der Waals surface area contributed by atoms with E-state index in [-0.39, 0.29) is 11.9 Å². The first kappa shape index (κ1) is 11.1. The maximum Gasteiger partial charge on any atom is 0.223 e. The lowest BCUT2D eigenvalue weighted by atomic mass is 10.5. The van der Waals surface area contributed by atoms with Crippen molar-refractivity contribution in [2.75, 3.05) is 0 Å². The van der Waals surface area contributed by atoms with Gasteiger partial charge in [0.05, 0.1) is 11.9 Å². The van der Waals surface area contributed by atoms with Gasteiger partial charge in [0.25, 0.3) is 0 Å². The number of amides is 1. The maximum atomic E-state index is 10.5. The second-order valence-electron chi connectivity index (χ2n) is 2.19. The third-order valence-electron chi connectivity index (χ3n) is 0.881. The third kappa shape index (κ3) is 6.48. The number of hydrogen-bond donors (Lipinski definition) is 3. The molecule has 0 aliphatic heterocycles. The molecule has 5 N–H and O–H groups in total. The SMILES string of the molecule is CC(=O)NC(N)=NN=C(C)/C=N/N. The fraction of sp³-hybridized carbons (Fsp3) is 0.333. The topological polar surface area (TPSA) is 118 Å². The molecular weight excluding hydrogens is 172 g/mol. The molecule has 0 aromatic carbocycles. The van der Waals surface area contributed by atoms with E-state index in [9.17, 15) is 4.79 Å². The van der Waals surface area contributed by atoms with E-state index in [1.165, 1.54) is 13.1 Å². The Balaban J connectivity index is 4.24. The summed E-state index contributed by atoms with van der Waals surface area (Å²) >= 11 is 0. The van der Waals surface area contributed by atoms with Gasteiger partial charge in [-0.05, 0) is 6.92 Å². The van der Waals surface area contributed by atoms with Crippen LogP contribution in [-0.4, -0.2) is 23.8 Å². The molecule has 0 fully saturated rings. The van der Waals surface area contributed by atoms with Gasteiger partial charge in [0.15, 0.2) is 0 Å². The zero-order valence-corrected chi connectivity index (χ0v) is 7.48. The first-order chi connectivity index (χ1) is 6.06. The van der Waals surface area contributed by atoms with E-state index in [1.54, 1.807) is 6.92 Å². The molecule has 0 aliphatic rings. The summed E-state index contributed by atoms with van der Waals surface area (Å²) in [5.74, 6) is 4.48. The van der Waals surface area contributed by atoms with Gasteiger partial charge in [-0.2, -0.15) is 10.2 Å². The molecule has 13 heavy (non-hydrogen) atoms. The molecule has 1 amide bonds. The number of carbonyl (C=O) groups is 1. The van der Waals surface area contributed by atoms with Crippen LogP contribution < -0.4 is 16.9 Å². The van der Waals surface area contributed by atoms with E-state index in [1.807, 2.05) is 0 Å². The summed E-state index contributed by atoms with van der Waals surface area (Å²) in [5, 5.41) is 12.6. The monoisotopic (exact) mass is 184 g/mol. The molecule has 0 aromatic rings. The van der Waals surface area contributed by atoms with Crippen LogP contribution in [-0.2, 0) is 4.79 Å². The van der Waals surface area contributed by atoms with Gasteiger partial charge in [-0.3, -0.25) is 10.1 Å². The molecule has 7 heteroatoms. The highest BCUT2D eigenvalue weighted by Gasteiger charge is 1.92. The Hall–Kier alpha value is -1.92. The maximum absolute atomic E-state index is 10.5. The van der Waals surface area contributed by atoms with Gasteiger partial charge in [-0.15, -0.1) is 5.10 Å². The number of guanidine groups is 1. The van der Waals surface area contributed by atoms with Gasteiger partial charge in [-0.25, -0.2) is 0 Å².